The van der Waals surface area contributed by atoms with E-state index < -0.39 is 0 Å². The SMILES string of the molecule is CCN1CCN(CCNC2CCCC2)CC1C. The Morgan fingerprint density at radius 1 is 1.18 bits per heavy atom. The lowest BCUT2D eigenvalue weighted by atomic mass is 10.2. The lowest BCUT2D eigenvalue weighted by molar-refractivity contribution is 0.0882. The van der Waals surface area contributed by atoms with Gasteiger partial charge >= 0.3 is 0 Å². The van der Waals surface area contributed by atoms with Crippen LogP contribution in [0.25, 0.3) is 0 Å². The van der Waals surface area contributed by atoms with Crippen LogP contribution in [0.4, 0.5) is 0 Å². The second kappa shape index (κ2) is 6.72. The van der Waals surface area contributed by atoms with Gasteiger partial charge in [-0.3, -0.25) is 9.80 Å². The molecule has 1 N–H and O–H groups in total. The summed E-state index contributed by atoms with van der Waals surface area (Å²) in [5, 5.41) is 3.71. The van der Waals surface area contributed by atoms with Crippen molar-refractivity contribution in [1.82, 2.24) is 15.1 Å². The van der Waals surface area contributed by atoms with Crippen LogP contribution in [0.5, 0.6) is 0 Å². The van der Waals surface area contributed by atoms with E-state index >= 15 is 0 Å². The van der Waals surface area contributed by atoms with Gasteiger partial charge in [0, 0.05) is 44.8 Å². The third kappa shape index (κ3) is 3.94. The summed E-state index contributed by atoms with van der Waals surface area (Å²) >= 11 is 0. The molecule has 1 heterocycles. The number of piperazine rings is 1. The minimum atomic E-state index is 0.736. The highest BCUT2D eigenvalue weighted by Gasteiger charge is 2.22. The Morgan fingerprint density at radius 2 is 1.94 bits per heavy atom. The van der Waals surface area contributed by atoms with Crippen LogP contribution in [0.1, 0.15) is 39.5 Å². The van der Waals surface area contributed by atoms with Gasteiger partial charge in [0.15, 0.2) is 0 Å². The van der Waals surface area contributed by atoms with Crippen molar-refractivity contribution in [2.24, 2.45) is 0 Å². The molecule has 0 radical (unpaired) electrons. The summed E-state index contributed by atoms with van der Waals surface area (Å²) in [7, 11) is 0. The molecule has 1 atom stereocenters. The predicted octanol–water partition coefficient (Wildman–Crippen LogP) is 1.54. The van der Waals surface area contributed by atoms with Crippen molar-refractivity contribution in [3.8, 4) is 0 Å². The number of nitrogens with zero attached hydrogens (tertiary/aromatic N) is 2. The van der Waals surface area contributed by atoms with E-state index in [1.54, 1.807) is 0 Å². The van der Waals surface area contributed by atoms with Gasteiger partial charge in [-0.25, -0.2) is 0 Å². The van der Waals surface area contributed by atoms with Gasteiger partial charge in [-0.05, 0) is 26.3 Å². The summed E-state index contributed by atoms with van der Waals surface area (Å²) in [5.41, 5.74) is 0. The van der Waals surface area contributed by atoms with Crippen LogP contribution in [0.15, 0.2) is 0 Å². The summed E-state index contributed by atoms with van der Waals surface area (Å²) in [4.78, 5) is 5.21. The summed E-state index contributed by atoms with van der Waals surface area (Å²) in [5.74, 6) is 0. The number of hydrogen-bond donors (Lipinski definition) is 1. The van der Waals surface area contributed by atoms with Crippen LogP contribution in [-0.2, 0) is 0 Å². The molecule has 1 aliphatic heterocycles. The van der Waals surface area contributed by atoms with E-state index in [0.29, 0.717) is 0 Å². The fourth-order valence-corrected chi connectivity index (χ4v) is 3.30. The molecule has 2 rings (SSSR count). The molecule has 0 amide bonds. The second-order valence-electron chi connectivity index (χ2n) is 5.71. The van der Waals surface area contributed by atoms with Crippen LogP contribution in [0.3, 0.4) is 0 Å². The maximum absolute atomic E-state index is 3.71. The molecule has 0 aromatic carbocycles. The standard InChI is InChI=1S/C14H29N3/c1-3-17-11-10-16(12-13(17)2)9-8-15-14-6-4-5-7-14/h13-15H,3-12H2,1-2H3. The first-order valence-corrected chi connectivity index (χ1v) is 7.49. The minimum absolute atomic E-state index is 0.736. The molecule has 0 bridgehead atoms. The third-order valence-corrected chi connectivity index (χ3v) is 4.47. The molecule has 1 saturated heterocycles. The van der Waals surface area contributed by atoms with Gasteiger partial charge in [-0.1, -0.05) is 19.8 Å². The first kappa shape index (κ1) is 13.3. The van der Waals surface area contributed by atoms with Gasteiger partial charge in [-0.15, -0.1) is 0 Å². The molecule has 2 aliphatic rings. The quantitative estimate of drug-likeness (QED) is 0.785. The van der Waals surface area contributed by atoms with E-state index in [9.17, 15) is 0 Å². The van der Waals surface area contributed by atoms with E-state index in [2.05, 4.69) is 29.0 Å². The number of nitrogens with one attached hydrogen (secondary N) is 1. The van der Waals surface area contributed by atoms with E-state index in [0.717, 1.165) is 12.1 Å². The number of rotatable bonds is 5. The van der Waals surface area contributed by atoms with E-state index in [4.69, 9.17) is 0 Å². The van der Waals surface area contributed by atoms with Crippen LogP contribution in [0.2, 0.25) is 0 Å². The maximum Gasteiger partial charge on any atom is 0.0195 e. The normalized spacial score (nSPS) is 28.9. The highest BCUT2D eigenvalue weighted by atomic mass is 15.3. The topological polar surface area (TPSA) is 18.5 Å². The van der Waals surface area contributed by atoms with Crippen molar-refractivity contribution in [3.05, 3.63) is 0 Å². The molecule has 1 aliphatic carbocycles. The summed E-state index contributed by atoms with van der Waals surface area (Å²) in [6, 6.07) is 1.56. The first-order chi connectivity index (χ1) is 8.29. The fraction of sp³-hybridized carbons (Fsp3) is 1.00. The van der Waals surface area contributed by atoms with Crippen molar-refractivity contribution in [2.75, 3.05) is 39.3 Å². The van der Waals surface area contributed by atoms with Gasteiger partial charge in [0.2, 0.25) is 0 Å². The van der Waals surface area contributed by atoms with Crippen LogP contribution >= 0.6 is 0 Å². The van der Waals surface area contributed by atoms with Gasteiger partial charge in [-0.2, -0.15) is 0 Å². The Hall–Kier alpha value is -0.120. The molecule has 1 unspecified atom stereocenters. The summed E-state index contributed by atoms with van der Waals surface area (Å²) in [6.45, 7) is 12.0. The van der Waals surface area contributed by atoms with Crippen molar-refractivity contribution in [1.29, 1.82) is 0 Å². The summed E-state index contributed by atoms with van der Waals surface area (Å²) < 4.78 is 0. The smallest absolute Gasteiger partial charge is 0.0195 e. The molecular formula is C14H29N3. The van der Waals surface area contributed by atoms with E-state index in [1.165, 1.54) is 65.0 Å². The van der Waals surface area contributed by atoms with Crippen molar-refractivity contribution < 1.29 is 0 Å². The fourth-order valence-electron chi connectivity index (χ4n) is 3.30. The maximum atomic E-state index is 3.71. The Morgan fingerprint density at radius 3 is 2.59 bits per heavy atom. The Balaban J connectivity index is 1.60. The van der Waals surface area contributed by atoms with Gasteiger partial charge in [0.25, 0.3) is 0 Å². The Bertz CT molecular complexity index is 214. The van der Waals surface area contributed by atoms with Gasteiger partial charge < -0.3 is 5.32 Å². The van der Waals surface area contributed by atoms with Gasteiger partial charge in [0.05, 0.1) is 0 Å². The van der Waals surface area contributed by atoms with Crippen molar-refractivity contribution in [2.45, 2.75) is 51.6 Å². The lowest BCUT2D eigenvalue weighted by Crippen LogP contribution is -2.53. The first-order valence-electron chi connectivity index (χ1n) is 7.49. The number of hydrogen-bond acceptors (Lipinski definition) is 3. The molecule has 2 fully saturated rings. The zero-order valence-electron chi connectivity index (χ0n) is 11.6. The zero-order valence-corrected chi connectivity index (χ0v) is 11.6. The Labute approximate surface area is 107 Å². The van der Waals surface area contributed by atoms with Gasteiger partial charge in [0.1, 0.15) is 0 Å². The highest BCUT2D eigenvalue weighted by Crippen LogP contribution is 2.17. The predicted molar refractivity (Wildman–Crippen MR) is 73.4 cm³/mol. The van der Waals surface area contributed by atoms with Crippen molar-refractivity contribution in [3.63, 3.8) is 0 Å². The molecule has 17 heavy (non-hydrogen) atoms. The highest BCUT2D eigenvalue weighted by molar-refractivity contribution is 4.79. The molecular weight excluding hydrogens is 210 g/mol. The van der Waals surface area contributed by atoms with Crippen LogP contribution in [-0.4, -0.2) is 61.2 Å². The largest absolute Gasteiger partial charge is 0.313 e. The van der Waals surface area contributed by atoms with E-state index in [-0.39, 0.29) is 0 Å². The molecule has 3 heteroatoms. The molecule has 0 aromatic heterocycles. The Kier molecular flexibility index (Phi) is 5.26. The van der Waals surface area contributed by atoms with Crippen LogP contribution in [0, 0.1) is 0 Å². The second-order valence-corrected chi connectivity index (χ2v) is 5.71. The molecule has 3 nitrogen and oxygen atoms in total. The van der Waals surface area contributed by atoms with E-state index in [1.807, 2.05) is 0 Å². The lowest BCUT2D eigenvalue weighted by Gasteiger charge is -2.39. The molecule has 0 aromatic rings. The molecule has 1 saturated carbocycles. The average molecular weight is 239 g/mol. The average Bonchev–Trinajstić information content (AvgIpc) is 2.82. The van der Waals surface area contributed by atoms with Crippen LogP contribution < -0.4 is 5.32 Å². The monoisotopic (exact) mass is 239 g/mol. The summed E-state index contributed by atoms with van der Waals surface area (Å²) in [6.07, 6.45) is 5.67. The zero-order chi connectivity index (χ0) is 12.1. The third-order valence-electron chi connectivity index (χ3n) is 4.47. The van der Waals surface area contributed by atoms with Crippen molar-refractivity contribution >= 4 is 0 Å². The molecule has 0 spiro atoms. The molecule has 100 valence electrons. The minimum Gasteiger partial charge on any atom is -0.313 e. The number of likely N-dealkylation sites (N-methyl/N-ethyl adjacent to an activating group) is 1.